The summed E-state index contributed by atoms with van der Waals surface area (Å²) in [5.41, 5.74) is 5.65. The molecule has 0 spiro atoms. The molecule has 0 saturated heterocycles. The molecule has 0 radical (unpaired) electrons. The molecule has 3 aromatic rings. The predicted molar refractivity (Wildman–Crippen MR) is 152 cm³/mol. The molecule has 37 heavy (non-hydrogen) atoms. The van der Waals surface area contributed by atoms with E-state index in [9.17, 15) is 9.59 Å². The lowest BCUT2D eigenvalue weighted by Crippen LogP contribution is -2.52. The minimum absolute atomic E-state index is 0.00331. The van der Waals surface area contributed by atoms with E-state index in [1.165, 1.54) is 5.56 Å². The maximum Gasteiger partial charge on any atom is 0.243 e. The number of carbonyl (C=O) groups excluding carboxylic acids is 2. The zero-order valence-corrected chi connectivity index (χ0v) is 23.0. The van der Waals surface area contributed by atoms with Crippen LogP contribution in [0.25, 0.3) is 0 Å². The molecule has 0 bridgehead atoms. The Balaban J connectivity index is 1.90. The highest BCUT2D eigenvalue weighted by Gasteiger charge is 2.31. The Labute approximate surface area is 223 Å². The molecule has 3 rings (SSSR count). The van der Waals surface area contributed by atoms with Gasteiger partial charge in [-0.15, -0.1) is 0 Å². The van der Waals surface area contributed by atoms with Crippen LogP contribution in [0.1, 0.15) is 74.3 Å². The summed E-state index contributed by atoms with van der Waals surface area (Å²) in [5.74, 6) is 0.376. The highest BCUT2D eigenvalue weighted by atomic mass is 16.2. The molecule has 4 nitrogen and oxygen atoms in total. The molecule has 0 fully saturated rings. The highest BCUT2D eigenvalue weighted by Crippen LogP contribution is 2.20. The van der Waals surface area contributed by atoms with E-state index in [4.69, 9.17) is 0 Å². The first-order chi connectivity index (χ1) is 17.8. The van der Waals surface area contributed by atoms with Crippen molar-refractivity contribution in [1.29, 1.82) is 0 Å². The molecule has 4 heteroatoms. The van der Waals surface area contributed by atoms with Crippen LogP contribution in [0.5, 0.6) is 0 Å². The van der Waals surface area contributed by atoms with Gasteiger partial charge in [0.2, 0.25) is 11.8 Å². The van der Waals surface area contributed by atoms with Crippen molar-refractivity contribution in [1.82, 2.24) is 10.2 Å². The van der Waals surface area contributed by atoms with Gasteiger partial charge >= 0.3 is 0 Å². The van der Waals surface area contributed by atoms with Crippen molar-refractivity contribution >= 4 is 11.8 Å². The Morgan fingerprint density at radius 3 is 2.11 bits per heavy atom. The van der Waals surface area contributed by atoms with Crippen molar-refractivity contribution in [2.75, 3.05) is 0 Å². The van der Waals surface area contributed by atoms with Crippen LogP contribution < -0.4 is 5.32 Å². The van der Waals surface area contributed by atoms with Crippen molar-refractivity contribution in [3.05, 3.63) is 107 Å². The zero-order chi connectivity index (χ0) is 26.8. The van der Waals surface area contributed by atoms with Gasteiger partial charge in [0.25, 0.3) is 0 Å². The number of nitrogens with zero attached hydrogens (tertiary/aromatic N) is 1. The molecule has 0 heterocycles. The third kappa shape index (κ3) is 8.31. The van der Waals surface area contributed by atoms with Crippen molar-refractivity contribution in [3.8, 4) is 0 Å². The lowest BCUT2D eigenvalue weighted by molar-refractivity contribution is -0.141. The van der Waals surface area contributed by atoms with Crippen LogP contribution in [0.2, 0.25) is 0 Å². The molecule has 0 aliphatic carbocycles. The topological polar surface area (TPSA) is 49.4 Å². The third-order valence-corrected chi connectivity index (χ3v) is 7.15. The van der Waals surface area contributed by atoms with Crippen LogP contribution in [-0.2, 0) is 29.0 Å². The van der Waals surface area contributed by atoms with Gasteiger partial charge in [0.15, 0.2) is 0 Å². The van der Waals surface area contributed by atoms with E-state index < -0.39 is 6.04 Å². The van der Waals surface area contributed by atoms with Gasteiger partial charge < -0.3 is 10.2 Å². The van der Waals surface area contributed by atoms with Gasteiger partial charge in [-0.25, -0.2) is 0 Å². The molecule has 2 atom stereocenters. The number of carbonyl (C=O) groups is 2. The fourth-order valence-electron chi connectivity index (χ4n) is 4.43. The lowest BCUT2D eigenvalue weighted by atomic mass is 9.99. The second kappa shape index (κ2) is 13.8. The van der Waals surface area contributed by atoms with Crippen molar-refractivity contribution in [2.24, 2.45) is 0 Å². The molecule has 0 saturated carbocycles. The molecule has 0 aromatic heterocycles. The lowest BCUT2D eigenvalue weighted by Gasteiger charge is -2.33. The van der Waals surface area contributed by atoms with Gasteiger partial charge in [-0.3, -0.25) is 9.59 Å². The van der Waals surface area contributed by atoms with Crippen molar-refractivity contribution < 1.29 is 9.59 Å². The number of hydrogen-bond acceptors (Lipinski definition) is 2. The average molecular weight is 499 g/mol. The van der Waals surface area contributed by atoms with Gasteiger partial charge in [0, 0.05) is 25.4 Å². The normalized spacial score (nSPS) is 12.7. The van der Waals surface area contributed by atoms with Crippen LogP contribution in [0, 0.1) is 6.92 Å². The van der Waals surface area contributed by atoms with E-state index in [0.29, 0.717) is 31.7 Å². The monoisotopic (exact) mass is 498 g/mol. The van der Waals surface area contributed by atoms with E-state index in [1.807, 2.05) is 55.5 Å². The second-order valence-corrected chi connectivity index (χ2v) is 10.4. The minimum Gasteiger partial charge on any atom is -0.352 e. The quantitative estimate of drug-likeness (QED) is 0.306. The van der Waals surface area contributed by atoms with Crippen LogP contribution in [0.3, 0.4) is 0 Å². The molecular weight excluding hydrogens is 456 g/mol. The van der Waals surface area contributed by atoms with Gasteiger partial charge in [0.05, 0.1) is 0 Å². The Morgan fingerprint density at radius 2 is 1.49 bits per heavy atom. The van der Waals surface area contributed by atoms with E-state index in [2.05, 4.69) is 63.3 Å². The summed E-state index contributed by atoms with van der Waals surface area (Å²) in [6.07, 6.45) is 2.31. The number of benzene rings is 3. The molecular formula is C33H42N2O2. The third-order valence-electron chi connectivity index (χ3n) is 7.15. The molecule has 0 unspecified atom stereocenters. The molecule has 0 aliphatic heterocycles. The van der Waals surface area contributed by atoms with Crippen LogP contribution >= 0.6 is 0 Å². The first kappa shape index (κ1) is 28.2. The van der Waals surface area contributed by atoms with E-state index in [1.54, 1.807) is 4.90 Å². The smallest absolute Gasteiger partial charge is 0.243 e. The number of aryl methyl sites for hydroxylation is 2. The Kier molecular flexibility index (Phi) is 10.5. The van der Waals surface area contributed by atoms with Gasteiger partial charge in [-0.2, -0.15) is 0 Å². The highest BCUT2D eigenvalue weighted by molar-refractivity contribution is 5.88. The fourth-order valence-corrected chi connectivity index (χ4v) is 4.43. The van der Waals surface area contributed by atoms with Crippen molar-refractivity contribution in [3.63, 3.8) is 0 Å². The fraction of sp³-hybridized carbons (Fsp3) is 0.394. The summed E-state index contributed by atoms with van der Waals surface area (Å²) in [6.45, 7) is 10.9. The number of hydrogen-bond donors (Lipinski definition) is 1. The SMILES string of the molecule is CC[C@H](C)NC(=O)[C@H](Cc1ccccc1)N(Cc1ccccc1C)C(=O)CCc1ccc(C(C)C)cc1. The summed E-state index contributed by atoms with van der Waals surface area (Å²) < 4.78 is 0. The number of nitrogens with one attached hydrogen (secondary N) is 1. The molecule has 0 aliphatic rings. The van der Waals surface area contributed by atoms with E-state index in [-0.39, 0.29) is 17.9 Å². The Morgan fingerprint density at radius 1 is 0.838 bits per heavy atom. The van der Waals surface area contributed by atoms with Crippen LogP contribution in [0.4, 0.5) is 0 Å². The largest absolute Gasteiger partial charge is 0.352 e. The van der Waals surface area contributed by atoms with Gasteiger partial charge in [-0.05, 0) is 60.4 Å². The maximum absolute atomic E-state index is 13.8. The summed E-state index contributed by atoms with van der Waals surface area (Å²) in [5, 5.41) is 3.14. The van der Waals surface area contributed by atoms with Gasteiger partial charge in [-0.1, -0.05) is 99.6 Å². The zero-order valence-electron chi connectivity index (χ0n) is 23.0. The summed E-state index contributed by atoms with van der Waals surface area (Å²) in [6, 6.07) is 26.1. The van der Waals surface area contributed by atoms with Crippen LogP contribution in [-0.4, -0.2) is 28.8 Å². The summed E-state index contributed by atoms with van der Waals surface area (Å²) in [7, 11) is 0. The first-order valence-corrected chi connectivity index (χ1v) is 13.6. The standard InChI is InChI=1S/C33H42N2O2/c1-6-26(5)34-33(37)31(22-28-13-8-7-9-14-28)35(23-30-15-11-10-12-25(30)4)32(36)21-18-27-16-19-29(20-17-27)24(2)3/h7-17,19-20,24,26,31H,6,18,21-23H2,1-5H3,(H,34,37)/t26-,31-/m0/s1. The molecule has 2 amide bonds. The molecule has 3 aromatic carbocycles. The van der Waals surface area contributed by atoms with Gasteiger partial charge in [0.1, 0.15) is 6.04 Å². The number of amides is 2. The van der Waals surface area contributed by atoms with Crippen LogP contribution in [0.15, 0.2) is 78.9 Å². The maximum atomic E-state index is 13.8. The second-order valence-electron chi connectivity index (χ2n) is 10.4. The first-order valence-electron chi connectivity index (χ1n) is 13.6. The molecule has 196 valence electrons. The summed E-state index contributed by atoms with van der Waals surface area (Å²) in [4.78, 5) is 29.3. The number of rotatable bonds is 12. The van der Waals surface area contributed by atoms with E-state index in [0.717, 1.165) is 28.7 Å². The Bertz CT molecular complexity index is 1140. The minimum atomic E-state index is -0.591. The average Bonchev–Trinajstić information content (AvgIpc) is 2.90. The summed E-state index contributed by atoms with van der Waals surface area (Å²) >= 11 is 0. The molecule has 1 N–H and O–H groups in total. The van der Waals surface area contributed by atoms with Crippen molar-refractivity contribution in [2.45, 2.75) is 84.8 Å². The predicted octanol–water partition coefficient (Wildman–Crippen LogP) is 6.61. The Hall–Kier alpha value is -3.40. The van der Waals surface area contributed by atoms with E-state index >= 15 is 0 Å².